The van der Waals surface area contributed by atoms with Crippen LogP contribution in [0.2, 0.25) is 5.15 Å². The van der Waals surface area contributed by atoms with Gasteiger partial charge in [0, 0.05) is 12.5 Å². The Hall–Kier alpha value is -3.38. The first-order valence-electron chi connectivity index (χ1n) is 9.67. The first kappa shape index (κ1) is 19.9. The molecule has 152 valence electrons. The molecule has 0 saturated carbocycles. The summed E-state index contributed by atoms with van der Waals surface area (Å²) in [4.78, 5) is 20.2. The number of ether oxygens (including phenoxy) is 1. The molecule has 0 unspecified atom stereocenters. The molecule has 3 N–H and O–H groups in total. The molecule has 0 saturated heterocycles. The van der Waals surface area contributed by atoms with Crippen LogP contribution < -0.4 is 11.1 Å². The zero-order valence-electron chi connectivity index (χ0n) is 16.2. The van der Waals surface area contributed by atoms with Gasteiger partial charge in [0.1, 0.15) is 23.3 Å². The molecule has 1 aromatic heterocycles. The van der Waals surface area contributed by atoms with Crippen molar-refractivity contribution in [3.05, 3.63) is 82.8 Å². The van der Waals surface area contributed by atoms with Crippen LogP contribution in [0.15, 0.2) is 60.8 Å². The highest BCUT2D eigenvalue weighted by Gasteiger charge is 2.28. The summed E-state index contributed by atoms with van der Waals surface area (Å²) in [6, 6.07) is 16.5. The molecule has 7 heteroatoms. The van der Waals surface area contributed by atoms with Crippen molar-refractivity contribution in [3.63, 3.8) is 0 Å². The van der Waals surface area contributed by atoms with Crippen molar-refractivity contribution in [1.29, 1.82) is 0 Å². The van der Waals surface area contributed by atoms with E-state index in [1.54, 1.807) is 6.08 Å². The van der Waals surface area contributed by atoms with Crippen molar-refractivity contribution < 1.29 is 9.53 Å². The lowest BCUT2D eigenvalue weighted by molar-refractivity contribution is 0.143. The number of rotatable bonds is 6. The molecule has 30 heavy (non-hydrogen) atoms. The standard InChI is InChI=1S/C23H21ClN4O2/c24-21-13-27-22(25)20(28-21)11-5-6-12-26-23(29)30-14-19-17-9-3-1-7-15(17)16-8-2-4-10-18(16)19/h1-5,7-11,13,19H,6,12,14H2,(H2,25,27)(H,26,29). The van der Waals surface area contributed by atoms with Gasteiger partial charge in [-0.1, -0.05) is 66.2 Å². The van der Waals surface area contributed by atoms with Crippen molar-refractivity contribution in [2.24, 2.45) is 0 Å². The zero-order chi connectivity index (χ0) is 20.9. The molecule has 0 aliphatic heterocycles. The maximum absolute atomic E-state index is 12.1. The Morgan fingerprint density at radius 2 is 1.80 bits per heavy atom. The van der Waals surface area contributed by atoms with Crippen molar-refractivity contribution in [2.45, 2.75) is 12.3 Å². The smallest absolute Gasteiger partial charge is 0.407 e. The highest BCUT2D eigenvalue weighted by atomic mass is 35.5. The van der Waals surface area contributed by atoms with E-state index in [0.29, 0.717) is 31.1 Å². The van der Waals surface area contributed by atoms with Gasteiger partial charge >= 0.3 is 6.09 Å². The Balaban J connectivity index is 1.28. The maximum atomic E-state index is 12.1. The van der Waals surface area contributed by atoms with Crippen LogP contribution in [-0.4, -0.2) is 29.2 Å². The summed E-state index contributed by atoms with van der Waals surface area (Å²) < 4.78 is 5.51. The molecule has 0 spiro atoms. The second-order valence-electron chi connectivity index (χ2n) is 6.91. The van der Waals surface area contributed by atoms with Crippen molar-refractivity contribution in [2.75, 3.05) is 18.9 Å². The number of nitrogens with one attached hydrogen (secondary N) is 1. The van der Waals surface area contributed by atoms with Crippen LogP contribution in [0.3, 0.4) is 0 Å². The summed E-state index contributed by atoms with van der Waals surface area (Å²) >= 11 is 5.81. The Morgan fingerprint density at radius 1 is 1.13 bits per heavy atom. The number of aromatic nitrogens is 2. The van der Waals surface area contributed by atoms with E-state index in [1.165, 1.54) is 28.5 Å². The lowest BCUT2D eigenvalue weighted by atomic mass is 9.98. The van der Waals surface area contributed by atoms with E-state index >= 15 is 0 Å². The van der Waals surface area contributed by atoms with Gasteiger partial charge in [-0.05, 0) is 34.8 Å². The van der Waals surface area contributed by atoms with Gasteiger partial charge < -0.3 is 15.8 Å². The number of alkyl carbamates (subject to hydrolysis) is 1. The second kappa shape index (κ2) is 8.97. The van der Waals surface area contributed by atoms with E-state index in [1.807, 2.05) is 30.3 Å². The molecule has 1 aliphatic carbocycles. The second-order valence-corrected chi connectivity index (χ2v) is 7.29. The van der Waals surface area contributed by atoms with E-state index < -0.39 is 6.09 Å². The molecule has 0 fully saturated rings. The lowest BCUT2D eigenvalue weighted by Gasteiger charge is -2.14. The number of hydrogen-bond acceptors (Lipinski definition) is 5. The Kier molecular flexibility index (Phi) is 5.95. The summed E-state index contributed by atoms with van der Waals surface area (Å²) in [6.07, 6.45) is 5.13. The van der Waals surface area contributed by atoms with Gasteiger partial charge in [-0.2, -0.15) is 0 Å². The van der Waals surface area contributed by atoms with Gasteiger partial charge in [-0.15, -0.1) is 0 Å². The molecule has 0 bridgehead atoms. The number of amides is 1. The largest absolute Gasteiger partial charge is 0.449 e. The van der Waals surface area contributed by atoms with Crippen LogP contribution in [0.4, 0.5) is 10.6 Å². The summed E-state index contributed by atoms with van der Waals surface area (Å²) in [5, 5.41) is 3.04. The van der Waals surface area contributed by atoms with Gasteiger partial charge in [0.05, 0.1) is 6.20 Å². The third-order valence-corrected chi connectivity index (χ3v) is 5.18. The third-order valence-electron chi connectivity index (χ3n) is 5.00. The summed E-state index contributed by atoms with van der Waals surface area (Å²) in [6.45, 7) is 0.728. The highest BCUT2D eigenvalue weighted by Crippen LogP contribution is 2.44. The Labute approximate surface area is 179 Å². The van der Waals surface area contributed by atoms with E-state index in [0.717, 1.165) is 0 Å². The minimum absolute atomic E-state index is 0.0485. The number of carbonyl (C=O) groups is 1. The number of nitrogens with zero attached hydrogens (tertiary/aromatic N) is 2. The summed E-state index contributed by atoms with van der Waals surface area (Å²) in [7, 11) is 0. The van der Waals surface area contributed by atoms with Crippen LogP contribution in [-0.2, 0) is 4.74 Å². The first-order valence-corrected chi connectivity index (χ1v) is 10.0. The molecule has 0 radical (unpaired) electrons. The maximum Gasteiger partial charge on any atom is 0.407 e. The normalized spacial score (nSPS) is 12.6. The van der Waals surface area contributed by atoms with Crippen LogP contribution in [0.5, 0.6) is 0 Å². The van der Waals surface area contributed by atoms with E-state index in [-0.39, 0.29) is 11.1 Å². The van der Waals surface area contributed by atoms with E-state index in [9.17, 15) is 4.79 Å². The molecule has 1 aliphatic rings. The number of fused-ring (bicyclic) bond motifs is 3. The number of halogens is 1. The van der Waals surface area contributed by atoms with Gasteiger partial charge in [0.15, 0.2) is 0 Å². The van der Waals surface area contributed by atoms with Crippen LogP contribution in [0.25, 0.3) is 17.2 Å². The fourth-order valence-corrected chi connectivity index (χ4v) is 3.75. The molecule has 4 rings (SSSR count). The van der Waals surface area contributed by atoms with Gasteiger partial charge in [-0.3, -0.25) is 0 Å². The Morgan fingerprint density at radius 3 is 2.50 bits per heavy atom. The minimum atomic E-state index is -0.438. The number of anilines is 1. The fraction of sp³-hybridized carbons (Fsp3) is 0.174. The number of benzene rings is 2. The topological polar surface area (TPSA) is 90.1 Å². The average Bonchev–Trinajstić information content (AvgIpc) is 3.08. The SMILES string of the molecule is Nc1ncc(Cl)nc1C=CCCNC(=O)OCC1c2ccccc2-c2ccccc21. The minimum Gasteiger partial charge on any atom is -0.449 e. The molecule has 6 nitrogen and oxygen atoms in total. The van der Waals surface area contributed by atoms with E-state index in [4.69, 9.17) is 22.1 Å². The number of hydrogen-bond donors (Lipinski definition) is 2. The number of nitrogens with two attached hydrogens (primary N) is 1. The molecule has 1 heterocycles. The van der Waals surface area contributed by atoms with Crippen molar-refractivity contribution in [1.82, 2.24) is 15.3 Å². The average molecular weight is 421 g/mol. The molecule has 3 aromatic rings. The van der Waals surface area contributed by atoms with Crippen molar-refractivity contribution >= 4 is 29.6 Å². The monoisotopic (exact) mass is 420 g/mol. The van der Waals surface area contributed by atoms with E-state index in [2.05, 4.69) is 39.6 Å². The third kappa shape index (κ3) is 4.28. The zero-order valence-corrected chi connectivity index (χ0v) is 17.0. The predicted octanol–water partition coefficient (Wildman–Crippen LogP) is 4.65. The molecular formula is C23H21ClN4O2. The first-order chi connectivity index (χ1) is 14.6. The number of carbonyl (C=O) groups excluding carboxylic acids is 1. The summed E-state index contributed by atoms with van der Waals surface area (Å²) in [5.41, 5.74) is 11.0. The lowest BCUT2D eigenvalue weighted by Crippen LogP contribution is -2.26. The van der Waals surface area contributed by atoms with Gasteiger partial charge in [0.25, 0.3) is 0 Å². The van der Waals surface area contributed by atoms with Crippen LogP contribution in [0.1, 0.15) is 29.2 Å². The fourth-order valence-electron chi connectivity index (χ4n) is 3.61. The number of nitrogen functional groups attached to an aromatic ring is 1. The molecular weight excluding hydrogens is 400 g/mol. The van der Waals surface area contributed by atoms with Gasteiger partial charge in [-0.25, -0.2) is 14.8 Å². The van der Waals surface area contributed by atoms with Crippen LogP contribution in [0, 0.1) is 0 Å². The molecule has 1 amide bonds. The molecule has 2 aromatic carbocycles. The van der Waals surface area contributed by atoms with Gasteiger partial charge in [0.2, 0.25) is 0 Å². The summed E-state index contributed by atoms with van der Waals surface area (Å²) in [5.74, 6) is 0.354. The van der Waals surface area contributed by atoms with Crippen molar-refractivity contribution in [3.8, 4) is 11.1 Å². The quantitative estimate of drug-likeness (QED) is 0.566. The predicted molar refractivity (Wildman–Crippen MR) is 118 cm³/mol. The highest BCUT2D eigenvalue weighted by molar-refractivity contribution is 6.29. The Bertz CT molecular complexity index is 1050. The van der Waals surface area contributed by atoms with Crippen LogP contribution >= 0.6 is 11.6 Å². The molecule has 0 atom stereocenters.